The van der Waals surface area contributed by atoms with Gasteiger partial charge in [-0.3, -0.25) is 4.79 Å². The van der Waals surface area contributed by atoms with E-state index in [1.165, 1.54) is 18.2 Å². The van der Waals surface area contributed by atoms with E-state index in [4.69, 9.17) is 16.7 Å². The minimum absolute atomic E-state index is 0.0465. The molecule has 6 heteroatoms. The Bertz CT molecular complexity index is 453. The van der Waals surface area contributed by atoms with Gasteiger partial charge in [0.25, 0.3) is 0 Å². The van der Waals surface area contributed by atoms with Crippen LogP contribution in [0, 0.1) is 0 Å². The molecule has 0 aliphatic heterocycles. The topological polar surface area (TPSA) is 37.3 Å². The van der Waals surface area contributed by atoms with E-state index in [-0.39, 0.29) is 17.0 Å². The van der Waals surface area contributed by atoms with Gasteiger partial charge in [0, 0.05) is 5.02 Å². The maximum atomic E-state index is 12.4. The third-order valence-corrected chi connectivity index (χ3v) is 2.07. The lowest BCUT2D eigenvalue weighted by molar-refractivity contribution is -0.138. The zero-order valence-corrected chi connectivity index (χ0v) is 9.22. The van der Waals surface area contributed by atoms with E-state index in [1.54, 1.807) is 0 Å². The second-order valence-electron chi connectivity index (χ2n) is 3.27. The smallest absolute Gasteiger partial charge is 0.416 e. The molecule has 0 amide bonds. The summed E-state index contributed by atoms with van der Waals surface area (Å²) in [6.45, 7) is 0. The van der Waals surface area contributed by atoms with Crippen LogP contribution in [0.15, 0.2) is 24.3 Å². The molecule has 0 saturated carbocycles. The highest BCUT2D eigenvalue weighted by atomic mass is 35.5. The molecule has 92 valence electrons. The van der Waals surface area contributed by atoms with Crippen LogP contribution in [-0.2, 0) is 11.0 Å². The van der Waals surface area contributed by atoms with Crippen molar-refractivity contribution in [1.82, 2.24) is 0 Å². The molecule has 2 nitrogen and oxygen atoms in total. The molecule has 0 unspecified atom stereocenters. The molecule has 1 aromatic rings. The van der Waals surface area contributed by atoms with Crippen LogP contribution in [0.4, 0.5) is 13.2 Å². The number of carboxylic acid groups (broad SMARTS) is 1. The first kappa shape index (κ1) is 13.6. The Labute approximate surface area is 100 Å². The number of halogens is 4. The van der Waals surface area contributed by atoms with Gasteiger partial charge in [-0.1, -0.05) is 23.8 Å². The van der Waals surface area contributed by atoms with E-state index < -0.39 is 17.7 Å². The summed E-state index contributed by atoms with van der Waals surface area (Å²) in [5.74, 6) is -1.06. The molecular weight excluding hydrogens is 257 g/mol. The summed E-state index contributed by atoms with van der Waals surface area (Å²) in [6.07, 6.45) is -2.18. The molecule has 0 aromatic heterocycles. The first-order chi connectivity index (χ1) is 7.79. The summed E-state index contributed by atoms with van der Waals surface area (Å²) in [4.78, 5) is 10.2. The SMILES string of the molecule is O=C(O)CC=Cc1cc(Cl)cc(C(F)(F)F)c1. The Kier molecular flexibility index (Phi) is 4.17. The van der Waals surface area contributed by atoms with Gasteiger partial charge >= 0.3 is 12.1 Å². The fraction of sp³-hybridized carbons (Fsp3) is 0.182. The Balaban J connectivity index is 2.98. The van der Waals surface area contributed by atoms with Gasteiger partial charge in [-0.25, -0.2) is 0 Å². The van der Waals surface area contributed by atoms with Crippen LogP contribution in [0.1, 0.15) is 17.5 Å². The number of rotatable bonds is 3. The molecule has 0 atom stereocenters. The fourth-order valence-electron chi connectivity index (χ4n) is 1.17. The molecule has 0 saturated heterocycles. The zero-order chi connectivity index (χ0) is 13.1. The maximum Gasteiger partial charge on any atom is 0.416 e. The molecule has 0 radical (unpaired) electrons. The van der Waals surface area contributed by atoms with E-state index in [2.05, 4.69) is 0 Å². The van der Waals surface area contributed by atoms with Crippen molar-refractivity contribution in [2.75, 3.05) is 0 Å². The maximum absolute atomic E-state index is 12.4. The fourth-order valence-corrected chi connectivity index (χ4v) is 1.41. The van der Waals surface area contributed by atoms with Crippen molar-refractivity contribution in [1.29, 1.82) is 0 Å². The van der Waals surface area contributed by atoms with Crippen LogP contribution < -0.4 is 0 Å². The Morgan fingerprint density at radius 3 is 2.53 bits per heavy atom. The lowest BCUT2D eigenvalue weighted by atomic mass is 10.1. The predicted molar refractivity (Wildman–Crippen MR) is 57.7 cm³/mol. The van der Waals surface area contributed by atoms with Gasteiger partial charge in [-0.15, -0.1) is 0 Å². The van der Waals surface area contributed by atoms with Crippen molar-refractivity contribution < 1.29 is 23.1 Å². The number of hydrogen-bond donors (Lipinski definition) is 1. The van der Waals surface area contributed by atoms with Crippen LogP contribution in [0.25, 0.3) is 6.08 Å². The van der Waals surface area contributed by atoms with Crippen LogP contribution in [0.3, 0.4) is 0 Å². The van der Waals surface area contributed by atoms with E-state index in [1.807, 2.05) is 0 Å². The van der Waals surface area contributed by atoms with Crippen molar-refractivity contribution in [2.24, 2.45) is 0 Å². The summed E-state index contributed by atoms with van der Waals surface area (Å²) in [7, 11) is 0. The minimum atomic E-state index is -4.47. The average molecular weight is 265 g/mol. The number of aliphatic carboxylic acids is 1. The highest BCUT2D eigenvalue weighted by Crippen LogP contribution is 2.32. The molecule has 0 aliphatic rings. The first-order valence-corrected chi connectivity index (χ1v) is 4.93. The second-order valence-corrected chi connectivity index (χ2v) is 3.71. The lowest BCUT2D eigenvalue weighted by Gasteiger charge is -2.07. The van der Waals surface area contributed by atoms with Gasteiger partial charge in [0.05, 0.1) is 12.0 Å². The van der Waals surface area contributed by atoms with Gasteiger partial charge in [0.1, 0.15) is 0 Å². The van der Waals surface area contributed by atoms with Crippen LogP contribution in [0.2, 0.25) is 5.02 Å². The van der Waals surface area contributed by atoms with Gasteiger partial charge in [0.2, 0.25) is 0 Å². The lowest BCUT2D eigenvalue weighted by Crippen LogP contribution is -2.04. The van der Waals surface area contributed by atoms with Crippen molar-refractivity contribution in [3.05, 3.63) is 40.4 Å². The van der Waals surface area contributed by atoms with E-state index in [9.17, 15) is 18.0 Å². The third kappa shape index (κ3) is 4.48. The van der Waals surface area contributed by atoms with E-state index in [0.29, 0.717) is 0 Å². The van der Waals surface area contributed by atoms with Crippen LogP contribution >= 0.6 is 11.6 Å². The van der Waals surface area contributed by atoms with Crippen LogP contribution in [0.5, 0.6) is 0 Å². The molecule has 0 spiro atoms. The molecular formula is C11H8ClF3O2. The second kappa shape index (κ2) is 5.23. The predicted octanol–water partition coefficient (Wildman–Crippen LogP) is 3.85. The van der Waals surface area contributed by atoms with Gasteiger partial charge in [-0.2, -0.15) is 13.2 Å². The standard InChI is InChI=1S/C11H8ClF3O2/c12-9-5-7(2-1-3-10(16)17)4-8(6-9)11(13,14)15/h1-2,4-6H,3H2,(H,16,17). The summed E-state index contributed by atoms with van der Waals surface area (Å²) in [5.41, 5.74) is -0.647. The monoisotopic (exact) mass is 264 g/mol. The van der Waals surface area contributed by atoms with Gasteiger partial charge in [-0.05, 0) is 23.8 Å². The van der Waals surface area contributed by atoms with E-state index in [0.717, 1.165) is 12.1 Å². The molecule has 0 fully saturated rings. The normalized spacial score (nSPS) is 12.0. The van der Waals surface area contributed by atoms with Gasteiger partial charge < -0.3 is 5.11 Å². The van der Waals surface area contributed by atoms with Crippen molar-refractivity contribution >= 4 is 23.6 Å². The van der Waals surface area contributed by atoms with Gasteiger partial charge in [0.15, 0.2) is 0 Å². The summed E-state index contributed by atoms with van der Waals surface area (Å²) < 4.78 is 37.3. The molecule has 1 N–H and O–H groups in total. The van der Waals surface area contributed by atoms with Crippen LogP contribution in [-0.4, -0.2) is 11.1 Å². The number of carboxylic acids is 1. The molecule has 1 rings (SSSR count). The number of alkyl halides is 3. The minimum Gasteiger partial charge on any atom is -0.481 e. The largest absolute Gasteiger partial charge is 0.481 e. The Morgan fingerprint density at radius 1 is 1.35 bits per heavy atom. The van der Waals surface area contributed by atoms with E-state index >= 15 is 0 Å². The molecule has 0 bridgehead atoms. The highest BCUT2D eigenvalue weighted by Gasteiger charge is 2.30. The molecule has 17 heavy (non-hydrogen) atoms. The summed E-state index contributed by atoms with van der Waals surface area (Å²) >= 11 is 5.55. The molecule has 0 aliphatic carbocycles. The zero-order valence-electron chi connectivity index (χ0n) is 8.46. The molecule has 1 aromatic carbocycles. The Morgan fingerprint density at radius 2 is 2.00 bits per heavy atom. The Hall–Kier alpha value is -1.49. The molecule has 0 heterocycles. The summed E-state index contributed by atoms with van der Waals surface area (Å²) in [6, 6.07) is 3.05. The first-order valence-electron chi connectivity index (χ1n) is 4.55. The van der Waals surface area contributed by atoms with Crippen molar-refractivity contribution in [2.45, 2.75) is 12.6 Å². The highest BCUT2D eigenvalue weighted by molar-refractivity contribution is 6.30. The van der Waals surface area contributed by atoms with Crippen molar-refractivity contribution in [3.8, 4) is 0 Å². The third-order valence-electron chi connectivity index (χ3n) is 1.85. The quantitative estimate of drug-likeness (QED) is 0.900. The average Bonchev–Trinajstić information content (AvgIpc) is 2.14. The number of hydrogen-bond acceptors (Lipinski definition) is 1. The number of carbonyl (C=O) groups is 1. The number of benzene rings is 1. The van der Waals surface area contributed by atoms with Crippen molar-refractivity contribution in [3.63, 3.8) is 0 Å². The summed E-state index contributed by atoms with van der Waals surface area (Å²) in [5, 5.41) is 8.33.